The summed E-state index contributed by atoms with van der Waals surface area (Å²) in [5, 5.41) is 28.7. The van der Waals surface area contributed by atoms with Crippen LogP contribution in [-0.2, 0) is 34.9 Å². The van der Waals surface area contributed by atoms with Crippen molar-refractivity contribution < 1.29 is 38.2 Å². The Morgan fingerprint density at radius 1 is 1.28 bits per heavy atom. The number of thiol groups is 1. The topological polar surface area (TPSA) is 274 Å². The van der Waals surface area contributed by atoms with Crippen molar-refractivity contribution in [1.29, 1.82) is 0 Å². The Morgan fingerprint density at radius 2 is 2.05 bits per heavy atom. The van der Waals surface area contributed by atoms with E-state index >= 15 is 0 Å². The number of fused-ring (bicyclic) bond motifs is 2. The number of aromatic amines is 1. The molecule has 7 atom stereocenters. The molecule has 23 heteroatoms. The number of ether oxygens (including phenoxy) is 2. The van der Waals surface area contributed by atoms with E-state index < -0.39 is 49.1 Å². The Kier molecular flexibility index (Phi) is 9.69. The van der Waals surface area contributed by atoms with Crippen molar-refractivity contribution in [3.63, 3.8) is 0 Å². The first-order valence-electron chi connectivity index (χ1n) is 12.4. The molecule has 43 heavy (non-hydrogen) atoms. The van der Waals surface area contributed by atoms with Crippen molar-refractivity contribution in [3.8, 4) is 0 Å². The van der Waals surface area contributed by atoms with Crippen LogP contribution in [0.25, 0.3) is 22.2 Å². The Balaban J connectivity index is 0.00000118. The summed E-state index contributed by atoms with van der Waals surface area (Å²) in [6.07, 6.45) is -1.66. The summed E-state index contributed by atoms with van der Waals surface area (Å²) in [5.41, 5.74) is 11.4. The maximum absolute atomic E-state index is 12.2. The summed E-state index contributed by atoms with van der Waals surface area (Å²) < 4.78 is 34.7. The molecule has 0 spiro atoms. The lowest BCUT2D eigenvalue weighted by atomic mass is 10.2. The van der Waals surface area contributed by atoms with Crippen LogP contribution in [0, 0.1) is 0 Å². The number of anilines is 2. The second-order valence-corrected chi connectivity index (χ2v) is 12.8. The van der Waals surface area contributed by atoms with E-state index in [1.54, 1.807) is 16.8 Å². The number of hydrogen-bond donors (Lipinski definition) is 7. The molecule has 19 nitrogen and oxygen atoms in total. The van der Waals surface area contributed by atoms with Crippen LogP contribution in [0.2, 0.25) is 0 Å². The monoisotopic (exact) mass is 676 g/mol. The van der Waals surface area contributed by atoms with E-state index in [0.717, 1.165) is 0 Å². The van der Waals surface area contributed by atoms with E-state index in [9.17, 15) is 19.9 Å². The van der Waals surface area contributed by atoms with E-state index in [4.69, 9.17) is 46.4 Å². The van der Waals surface area contributed by atoms with Gasteiger partial charge in [-0.15, -0.1) is 5.10 Å². The lowest BCUT2D eigenvalue weighted by Gasteiger charge is -2.25. The van der Waals surface area contributed by atoms with E-state index in [1.165, 1.54) is 11.0 Å². The maximum Gasteiger partial charge on any atom is 0.325 e. The third-order valence-electron chi connectivity index (χ3n) is 6.67. The van der Waals surface area contributed by atoms with E-state index in [0.29, 0.717) is 16.9 Å². The first-order chi connectivity index (χ1) is 20.5. The lowest BCUT2D eigenvalue weighted by molar-refractivity contribution is -0.0590. The number of H-pyrrole nitrogens is 1. The van der Waals surface area contributed by atoms with Crippen LogP contribution in [0.5, 0.6) is 0 Å². The zero-order chi connectivity index (χ0) is 30.9. The maximum atomic E-state index is 12.2. The van der Waals surface area contributed by atoms with Crippen LogP contribution in [0.1, 0.15) is 25.3 Å². The number of nitrogens with one attached hydrogen (secondary N) is 1. The van der Waals surface area contributed by atoms with Crippen LogP contribution >= 0.6 is 26.6 Å². The van der Waals surface area contributed by atoms with Crippen LogP contribution < -0.4 is 17.0 Å². The third kappa shape index (κ3) is 6.71. The number of hydrogen-bond acceptors (Lipinski definition) is 16. The SMILES string of the molecule is Nc1nc2c(nnn2[C@@H]2O[C@H](CO)C[C@H]2OP(O)(=S)OC[C@H]2O[C@@H](n3ccc4c(N)ncnc43)C[C@@H]2O)c(=O)[nH]1.O=PS. The molecule has 2 fully saturated rings. The summed E-state index contributed by atoms with van der Waals surface area (Å²) >= 11 is 8.43. The Labute approximate surface area is 253 Å². The molecule has 0 aromatic carbocycles. The van der Waals surface area contributed by atoms with Crippen molar-refractivity contribution >= 4 is 72.4 Å². The standard InChI is InChI=1S/C20H25N10O8PS.HOPS/c21-15-9-1-2-29(16(9)24-7-23-15)13-4-10(32)12(37-13)6-35-39(34,40)38-11-3-8(5-31)36-19(11)30-17-14(27-28-30)18(33)26-20(22)25-17;1-2-3/h1-2,7-8,10-13,19,31-32H,3-6H2,(H,34,40)(H2,21,23,24)(H3,22,25,26,33);(H,1,3)/t8-,10-,11+,12+,13+,19+,39?;/m0./s1. The number of nitrogen functional groups attached to an aromatic ring is 2. The normalized spacial score (nSPS) is 27.0. The third-order valence-corrected chi connectivity index (χ3v) is 8.25. The first-order valence-corrected chi connectivity index (χ1v) is 17.0. The minimum atomic E-state index is -3.94. The molecule has 0 radical (unpaired) electrons. The molecule has 4 aromatic rings. The molecular weight excluding hydrogens is 650 g/mol. The lowest BCUT2D eigenvalue weighted by Crippen LogP contribution is -2.27. The number of rotatable bonds is 8. The molecule has 232 valence electrons. The summed E-state index contributed by atoms with van der Waals surface area (Å²) in [5.74, 6) is 0.158. The predicted octanol–water partition coefficient (Wildman–Crippen LogP) is -0.206. The molecule has 0 aliphatic carbocycles. The van der Waals surface area contributed by atoms with Crippen LogP contribution in [-0.4, -0.2) is 92.2 Å². The summed E-state index contributed by atoms with van der Waals surface area (Å²) in [7, 11) is -0.139. The average Bonchev–Trinajstić information content (AvgIpc) is 3.73. The predicted molar refractivity (Wildman–Crippen MR) is 156 cm³/mol. The second kappa shape index (κ2) is 13.1. The molecule has 2 saturated heterocycles. The van der Waals surface area contributed by atoms with Crippen LogP contribution in [0.3, 0.4) is 0 Å². The number of aliphatic hydroxyl groups excluding tert-OH is 2. The zero-order valence-electron chi connectivity index (χ0n) is 21.9. The zero-order valence-corrected chi connectivity index (χ0v) is 25.4. The van der Waals surface area contributed by atoms with Gasteiger partial charge in [0.1, 0.15) is 36.2 Å². The van der Waals surface area contributed by atoms with Gasteiger partial charge in [-0.05, 0) is 17.9 Å². The van der Waals surface area contributed by atoms with Gasteiger partial charge in [-0.1, -0.05) is 17.5 Å². The molecule has 2 aliphatic rings. The van der Waals surface area contributed by atoms with Gasteiger partial charge in [0, 0.05) is 19.0 Å². The quantitative estimate of drug-likeness (QED) is 0.0939. The van der Waals surface area contributed by atoms with Gasteiger partial charge in [0.25, 0.3) is 5.56 Å². The molecule has 2 aliphatic heterocycles. The van der Waals surface area contributed by atoms with E-state index in [2.05, 4.69) is 42.5 Å². The Morgan fingerprint density at radius 3 is 2.79 bits per heavy atom. The van der Waals surface area contributed by atoms with Crippen molar-refractivity contribution in [2.24, 2.45) is 0 Å². The number of aromatic nitrogens is 8. The highest BCUT2D eigenvalue weighted by Gasteiger charge is 2.43. The van der Waals surface area contributed by atoms with Gasteiger partial charge in [-0.2, -0.15) is 9.67 Å². The molecule has 0 saturated carbocycles. The highest BCUT2D eigenvalue weighted by molar-refractivity contribution is 8.33. The van der Waals surface area contributed by atoms with E-state index in [1.807, 2.05) is 0 Å². The van der Waals surface area contributed by atoms with Crippen LogP contribution in [0.4, 0.5) is 11.8 Å². The molecular formula is C20H26N10O9P2S2. The Hall–Kier alpha value is -2.68. The Bertz CT molecular complexity index is 1720. The van der Waals surface area contributed by atoms with Crippen molar-refractivity contribution in [2.75, 3.05) is 24.7 Å². The minimum absolute atomic E-state index is 0.0173. The molecule has 4 aromatic heterocycles. The van der Waals surface area contributed by atoms with Gasteiger partial charge in [0.2, 0.25) is 13.6 Å². The molecule has 6 rings (SSSR count). The molecule has 0 bridgehead atoms. The number of nitrogens with two attached hydrogens (primary N) is 2. The van der Waals surface area contributed by atoms with Gasteiger partial charge in [0.05, 0.1) is 30.8 Å². The summed E-state index contributed by atoms with van der Waals surface area (Å²) in [6, 6.07) is 1.75. The summed E-state index contributed by atoms with van der Waals surface area (Å²) in [4.78, 5) is 37.6. The fourth-order valence-electron chi connectivity index (χ4n) is 4.80. The largest absolute Gasteiger partial charge is 0.394 e. The van der Waals surface area contributed by atoms with Gasteiger partial charge >= 0.3 is 6.72 Å². The molecule has 8 N–H and O–H groups in total. The second-order valence-electron chi connectivity index (χ2n) is 9.37. The van der Waals surface area contributed by atoms with Crippen molar-refractivity contribution in [2.45, 2.75) is 49.7 Å². The molecule has 0 amide bonds. The fourth-order valence-corrected chi connectivity index (χ4v) is 6.24. The summed E-state index contributed by atoms with van der Waals surface area (Å²) in [6.45, 7) is -4.57. The van der Waals surface area contributed by atoms with Crippen LogP contribution in [0.15, 0.2) is 23.4 Å². The first kappa shape index (κ1) is 31.7. The minimum Gasteiger partial charge on any atom is -0.394 e. The van der Waals surface area contributed by atoms with Crippen molar-refractivity contribution in [1.82, 2.24) is 39.5 Å². The van der Waals surface area contributed by atoms with Crippen molar-refractivity contribution in [3.05, 3.63) is 28.9 Å². The fraction of sp³-hybridized carbons (Fsp3) is 0.500. The molecule has 1 unspecified atom stereocenters. The van der Waals surface area contributed by atoms with Gasteiger partial charge in [0.15, 0.2) is 17.4 Å². The average molecular weight is 677 g/mol. The van der Waals surface area contributed by atoms with E-state index in [-0.39, 0.29) is 50.8 Å². The van der Waals surface area contributed by atoms with Gasteiger partial charge in [-0.25, -0.2) is 9.97 Å². The molecule has 6 heterocycles. The van der Waals surface area contributed by atoms with Gasteiger partial charge < -0.3 is 49.7 Å². The number of aliphatic hydroxyl groups is 2. The van der Waals surface area contributed by atoms with Gasteiger partial charge in [-0.3, -0.25) is 14.3 Å². The smallest absolute Gasteiger partial charge is 0.325 e. The highest BCUT2D eigenvalue weighted by atomic mass is 32.7. The number of nitrogens with zero attached hydrogens (tertiary/aromatic N) is 7. The highest BCUT2D eigenvalue weighted by Crippen LogP contribution is 2.50.